The molecule has 0 saturated carbocycles. The zero-order chi connectivity index (χ0) is 18.2. The molecule has 1 aliphatic carbocycles. The predicted octanol–water partition coefficient (Wildman–Crippen LogP) is 5.48. The van der Waals surface area contributed by atoms with Gasteiger partial charge < -0.3 is 5.11 Å². The monoisotopic (exact) mass is 360 g/mol. The van der Waals surface area contributed by atoms with E-state index in [1.165, 1.54) is 21.6 Å². The molecule has 136 valence electrons. The summed E-state index contributed by atoms with van der Waals surface area (Å²) < 4.78 is 0. The van der Waals surface area contributed by atoms with E-state index in [2.05, 4.69) is 32.0 Å². The summed E-state index contributed by atoms with van der Waals surface area (Å²) in [4.78, 5) is 24.0. The van der Waals surface area contributed by atoms with Gasteiger partial charge in [0.15, 0.2) is 5.78 Å². The molecule has 1 N–H and O–H groups in total. The van der Waals surface area contributed by atoms with E-state index in [1.54, 1.807) is 11.8 Å². The summed E-state index contributed by atoms with van der Waals surface area (Å²) in [5.74, 6) is 0.378. The number of rotatable bonds is 10. The van der Waals surface area contributed by atoms with Crippen LogP contribution < -0.4 is 0 Å². The van der Waals surface area contributed by atoms with Crippen LogP contribution in [-0.2, 0) is 9.59 Å². The lowest BCUT2D eigenvalue weighted by Gasteiger charge is -2.08. The fourth-order valence-electron chi connectivity index (χ4n) is 3.36. The maximum atomic E-state index is 12.2. The Labute approximate surface area is 154 Å². The van der Waals surface area contributed by atoms with Crippen molar-refractivity contribution in [2.24, 2.45) is 0 Å². The van der Waals surface area contributed by atoms with Gasteiger partial charge in [0.2, 0.25) is 0 Å². The molecule has 0 saturated heterocycles. The third-order valence-corrected chi connectivity index (χ3v) is 5.62. The number of hydrogen-bond acceptors (Lipinski definition) is 3. The van der Waals surface area contributed by atoms with Crippen molar-refractivity contribution in [1.82, 2.24) is 0 Å². The Kier molecular flexibility index (Phi) is 7.76. The Morgan fingerprint density at radius 1 is 1.04 bits per heavy atom. The van der Waals surface area contributed by atoms with Gasteiger partial charge in [-0.2, -0.15) is 0 Å². The molecular formula is C21H28O3S. The molecule has 0 aromatic heterocycles. The first kappa shape index (κ1) is 19.8. The SMILES string of the molecule is Cc1cc(C)cc(SCC2=C(CCCCCCC(=O)O)CCC2=O)c1. The number of aryl methyl sites for hydroxylation is 2. The van der Waals surface area contributed by atoms with Gasteiger partial charge in [-0.05, 0) is 62.8 Å². The molecule has 2 rings (SSSR count). The minimum atomic E-state index is -0.713. The number of carbonyl (C=O) groups excluding carboxylic acids is 1. The van der Waals surface area contributed by atoms with Gasteiger partial charge in [-0.1, -0.05) is 24.5 Å². The fraction of sp³-hybridized carbons (Fsp3) is 0.524. The quantitative estimate of drug-likeness (QED) is 0.443. The largest absolute Gasteiger partial charge is 0.481 e. The second-order valence-electron chi connectivity index (χ2n) is 6.93. The molecule has 0 bridgehead atoms. The van der Waals surface area contributed by atoms with Gasteiger partial charge in [-0.15, -0.1) is 11.8 Å². The molecule has 4 heteroatoms. The summed E-state index contributed by atoms with van der Waals surface area (Å²) in [5.41, 5.74) is 4.89. The Morgan fingerprint density at radius 3 is 2.40 bits per heavy atom. The van der Waals surface area contributed by atoms with Crippen LogP contribution in [0.5, 0.6) is 0 Å². The normalized spacial score (nSPS) is 14.4. The third-order valence-electron chi connectivity index (χ3n) is 4.61. The van der Waals surface area contributed by atoms with Crippen LogP contribution in [-0.4, -0.2) is 22.6 Å². The molecule has 0 atom stereocenters. The average Bonchev–Trinajstić information content (AvgIpc) is 2.87. The minimum Gasteiger partial charge on any atom is -0.481 e. The number of hydrogen-bond donors (Lipinski definition) is 1. The number of unbranched alkanes of at least 4 members (excludes halogenated alkanes) is 3. The summed E-state index contributed by atoms with van der Waals surface area (Å²) in [6, 6.07) is 6.53. The number of benzene rings is 1. The second kappa shape index (κ2) is 9.81. The predicted molar refractivity (Wildman–Crippen MR) is 103 cm³/mol. The zero-order valence-electron chi connectivity index (χ0n) is 15.3. The fourth-order valence-corrected chi connectivity index (χ4v) is 4.58. The molecule has 1 aromatic rings. The van der Waals surface area contributed by atoms with Crippen LogP contribution in [0.15, 0.2) is 34.2 Å². The molecule has 0 spiro atoms. The zero-order valence-corrected chi connectivity index (χ0v) is 16.1. The lowest BCUT2D eigenvalue weighted by atomic mass is 10.0. The van der Waals surface area contributed by atoms with Crippen LogP contribution in [0, 0.1) is 13.8 Å². The molecule has 1 aromatic carbocycles. The van der Waals surface area contributed by atoms with Crippen LogP contribution in [0.3, 0.4) is 0 Å². The van der Waals surface area contributed by atoms with Gasteiger partial charge >= 0.3 is 5.97 Å². The smallest absolute Gasteiger partial charge is 0.303 e. The maximum Gasteiger partial charge on any atom is 0.303 e. The highest BCUT2D eigenvalue weighted by Crippen LogP contribution is 2.32. The summed E-state index contributed by atoms with van der Waals surface area (Å²) in [7, 11) is 0. The van der Waals surface area contributed by atoms with E-state index < -0.39 is 5.97 Å². The van der Waals surface area contributed by atoms with Crippen molar-refractivity contribution in [2.75, 3.05) is 5.75 Å². The van der Waals surface area contributed by atoms with E-state index in [0.29, 0.717) is 12.2 Å². The topological polar surface area (TPSA) is 54.4 Å². The lowest BCUT2D eigenvalue weighted by molar-refractivity contribution is -0.137. The highest BCUT2D eigenvalue weighted by atomic mass is 32.2. The van der Waals surface area contributed by atoms with Gasteiger partial charge in [0.25, 0.3) is 0 Å². The number of carbonyl (C=O) groups is 2. The van der Waals surface area contributed by atoms with E-state index in [9.17, 15) is 9.59 Å². The Morgan fingerprint density at radius 2 is 1.72 bits per heavy atom. The molecule has 0 amide bonds. The molecule has 0 radical (unpaired) electrons. The summed E-state index contributed by atoms with van der Waals surface area (Å²) in [6.07, 6.45) is 6.64. The van der Waals surface area contributed by atoms with Crippen LogP contribution in [0.4, 0.5) is 0 Å². The number of allylic oxidation sites excluding steroid dienone is 1. The molecular weight excluding hydrogens is 332 g/mol. The lowest BCUT2D eigenvalue weighted by Crippen LogP contribution is -2.00. The molecule has 0 heterocycles. The Bertz CT molecular complexity index is 641. The van der Waals surface area contributed by atoms with Crippen molar-refractivity contribution in [3.05, 3.63) is 40.5 Å². The molecule has 0 unspecified atom stereocenters. The van der Waals surface area contributed by atoms with Crippen LogP contribution in [0.2, 0.25) is 0 Å². The van der Waals surface area contributed by atoms with Crippen molar-refractivity contribution in [3.63, 3.8) is 0 Å². The number of Topliss-reactive ketones (excluding diaryl/α,β-unsaturated/α-hetero) is 1. The van der Waals surface area contributed by atoms with Crippen molar-refractivity contribution in [2.45, 2.75) is 70.1 Å². The van der Waals surface area contributed by atoms with Gasteiger partial charge in [-0.3, -0.25) is 9.59 Å². The van der Waals surface area contributed by atoms with E-state index in [4.69, 9.17) is 5.11 Å². The van der Waals surface area contributed by atoms with Gasteiger partial charge in [0.05, 0.1) is 0 Å². The van der Waals surface area contributed by atoms with Crippen LogP contribution in [0.25, 0.3) is 0 Å². The van der Waals surface area contributed by atoms with Crippen LogP contribution in [0.1, 0.15) is 62.5 Å². The van der Waals surface area contributed by atoms with Crippen molar-refractivity contribution in [1.29, 1.82) is 0 Å². The van der Waals surface area contributed by atoms with Crippen molar-refractivity contribution < 1.29 is 14.7 Å². The number of thioether (sulfide) groups is 1. The first-order valence-electron chi connectivity index (χ1n) is 9.12. The third kappa shape index (κ3) is 6.69. The second-order valence-corrected chi connectivity index (χ2v) is 7.97. The first-order chi connectivity index (χ1) is 12.0. The molecule has 25 heavy (non-hydrogen) atoms. The van der Waals surface area contributed by atoms with E-state index >= 15 is 0 Å². The average molecular weight is 361 g/mol. The Balaban J connectivity index is 1.84. The number of aliphatic carboxylic acids is 1. The summed E-state index contributed by atoms with van der Waals surface area (Å²) in [6.45, 7) is 4.21. The summed E-state index contributed by atoms with van der Waals surface area (Å²) >= 11 is 1.76. The number of ketones is 1. The Hall–Kier alpha value is -1.55. The van der Waals surface area contributed by atoms with Gasteiger partial charge in [0, 0.05) is 29.1 Å². The van der Waals surface area contributed by atoms with E-state index in [-0.39, 0.29) is 6.42 Å². The number of carboxylic acids is 1. The van der Waals surface area contributed by atoms with E-state index in [1.807, 2.05) is 0 Å². The van der Waals surface area contributed by atoms with Gasteiger partial charge in [0.1, 0.15) is 0 Å². The van der Waals surface area contributed by atoms with Crippen molar-refractivity contribution >= 4 is 23.5 Å². The molecule has 1 aliphatic rings. The molecule has 0 aliphatic heterocycles. The first-order valence-corrected chi connectivity index (χ1v) is 10.1. The van der Waals surface area contributed by atoms with E-state index in [0.717, 1.165) is 49.9 Å². The highest BCUT2D eigenvalue weighted by molar-refractivity contribution is 7.99. The van der Waals surface area contributed by atoms with Gasteiger partial charge in [-0.25, -0.2) is 0 Å². The number of carboxylic acid groups (broad SMARTS) is 1. The standard InChI is InChI=1S/C21H28O3S/c1-15-11-16(2)13-18(12-15)25-14-19-17(9-10-20(19)22)7-5-3-4-6-8-21(23)24/h11-13H,3-10,14H2,1-2H3,(H,23,24). The van der Waals surface area contributed by atoms with Crippen LogP contribution >= 0.6 is 11.8 Å². The minimum absolute atomic E-state index is 0.263. The highest BCUT2D eigenvalue weighted by Gasteiger charge is 2.22. The van der Waals surface area contributed by atoms with Crippen molar-refractivity contribution in [3.8, 4) is 0 Å². The molecule has 0 fully saturated rings. The maximum absolute atomic E-state index is 12.2. The molecule has 3 nitrogen and oxygen atoms in total. The summed E-state index contributed by atoms with van der Waals surface area (Å²) in [5, 5.41) is 8.65.